The smallest absolute Gasteiger partial charge is 0.352 e. The second kappa shape index (κ2) is 5.06. The van der Waals surface area contributed by atoms with Crippen LogP contribution in [0.1, 0.15) is 16.2 Å². The Bertz CT molecular complexity index is 793. The molecule has 7 heteroatoms. The minimum absolute atomic E-state index is 0.00972. The lowest BCUT2D eigenvalue weighted by atomic mass is 10.4. The van der Waals surface area contributed by atoms with Crippen molar-refractivity contribution in [1.82, 2.24) is 4.57 Å². The van der Waals surface area contributed by atoms with Crippen LogP contribution >= 0.6 is 15.9 Å². The van der Waals surface area contributed by atoms with Gasteiger partial charge in [-0.05, 0) is 31.2 Å². The summed E-state index contributed by atoms with van der Waals surface area (Å²) in [6.45, 7) is 1.58. The van der Waals surface area contributed by atoms with Crippen LogP contribution in [0, 0.1) is 6.92 Å². The second-order valence-corrected chi connectivity index (χ2v) is 7.14. The lowest BCUT2D eigenvalue weighted by Crippen LogP contribution is -2.05. The van der Waals surface area contributed by atoms with Gasteiger partial charge in [0.15, 0.2) is 0 Å². The van der Waals surface area contributed by atoms with E-state index < -0.39 is 15.8 Å². The molecule has 0 unspecified atom stereocenters. The molecule has 0 aliphatic carbocycles. The molecule has 0 bridgehead atoms. The Morgan fingerprint density at radius 3 is 2.45 bits per heavy atom. The molecule has 2 aromatic rings. The Labute approximate surface area is 124 Å². The number of benzene rings is 1. The van der Waals surface area contributed by atoms with Crippen LogP contribution in [0.25, 0.3) is 0 Å². The van der Waals surface area contributed by atoms with Crippen molar-refractivity contribution < 1.29 is 18.3 Å². The van der Waals surface area contributed by atoms with Crippen molar-refractivity contribution in [3.8, 4) is 0 Å². The molecule has 5 nitrogen and oxygen atoms in total. The Hall–Kier alpha value is -1.60. The number of carboxylic acid groups (broad SMARTS) is 1. The van der Waals surface area contributed by atoms with E-state index in [0.717, 1.165) is 0 Å². The van der Waals surface area contributed by atoms with Crippen molar-refractivity contribution >= 4 is 31.7 Å². The normalized spacial score (nSPS) is 11.6. The third-order valence-electron chi connectivity index (χ3n) is 3.10. The van der Waals surface area contributed by atoms with E-state index in [0.29, 0.717) is 10.2 Å². The number of hydrogen-bond acceptors (Lipinski definition) is 3. The summed E-state index contributed by atoms with van der Waals surface area (Å²) >= 11 is 3.22. The first-order valence-corrected chi connectivity index (χ1v) is 7.93. The number of carboxylic acids is 1. The van der Waals surface area contributed by atoms with Gasteiger partial charge in [-0.25, -0.2) is 13.2 Å². The lowest BCUT2D eigenvalue weighted by Gasteiger charge is -2.05. The molecule has 1 aromatic carbocycles. The third kappa shape index (κ3) is 2.38. The molecule has 1 heterocycles. The van der Waals surface area contributed by atoms with Gasteiger partial charge in [0.2, 0.25) is 9.84 Å². The third-order valence-corrected chi connectivity index (χ3v) is 5.46. The zero-order valence-corrected chi connectivity index (χ0v) is 13.2. The van der Waals surface area contributed by atoms with E-state index in [1.54, 1.807) is 19.1 Å². The maximum absolute atomic E-state index is 12.6. The molecular weight excluding hydrogens is 346 g/mol. The Morgan fingerprint density at radius 1 is 1.30 bits per heavy atom. The number of nitrogens with zero attached hydrogens (tertiary/aromatic N) is 1. The molecule has 0 saturated heterocycles. The highest BCUT2D eigenvalue weighted by Gasteiger charge is 2.25. The van der Waals surface area contributed by atoms with Gasteiger partial charge in [-0.1, -0.05) is 22.0 Å². The molecule has 1 N–H and O–H groups in total. The number of hydrogen-bond donors (Lipinski definition) is 1. The van der Waals surface area contributed by atoms with E-state index >= 15 is 0 Å². The van der Waals surface area contributed by atoms with Gasteiger partial charge in [0.25, 0.3) is 0 Å². The highest BCUT2D eigenvalue weighted by Crippen LogP contribution is 2.27. The molecule has 106 valence electrons. The number of sulfone groups is 1. The Morgan fingerprint density at radius 2 is 1.95 bits per heavy atom. The van der Waals surface area contributed by atoms with Gasteiger partial charge in [0.1, 0.15) is 5.69 Å². The second-order valence-electron chi connectivity index (χ2n) is 4.30. The van der Waals surface area contributed by atoms with Crippen LogP contribution in [-0.4, -0.2) is 24.1 Å². The molecule has 0 fully saturated rings. The predicted molar refractivity (Wildman–Crippen MR) is 76.7 cm³/mol. The fraction of sp³-hybridized carbons (Fsp3) is 0.154. The SMILES string of the molecule is Cc1c(S(=O)(=O)c2cccc(Br)c2)cc(C(=O)O)n1C. The van der Waals surface area contributed by atoms with Gasteiger partial charge in [-0.3, -0.25) is 0 Å². The first kappa shape index (κ1) is 14.8. The van der Waals surface area contributed by atoms with Crippen molar-refractivity contribution in [2.45, 2.75) is 16.7 Å². The van der Waals surface area contributed by atoms with Crippen LogP contribution in [-0.2, 0) is 16.9 Å². The molecule has 0 aliphatic heterocycles. The van der Waals surface area contributed by atoms with Crippen LogP contribution in [0.15, 0.2) is 44.6 Å². The summed E-state index contributed by atoms with van der Waals surface area (Å²) in [5, 5.41) is 9.06. The Kier molecular flexibility index (Phi) is 3.75. The summed E-state index contributed by atoms with van der Waals surface area (Å²) in [7, 11) is -2.21. The summed E-state index contributed by atoms with van der Waals surface area (Å²) in [5.74, 6) is -1.16. The van der Waals surface area contributed by atoms with Gasteiger partial charge in [-0.2, -0.15) is 0 Å². The van der Waals surface area contributed by atoms with Gasteiger partial charge in [-0.15, -0.1) is 0 Å². The summed E-state index contributed by atoms with van der Waals surface area (Å²) < 4.78 is 27.1. The summed E-state index contributed by atoms with van der Waals surface area (Å²) in [6.07, 6.45) is 0. The van der Waals surface area contributed by atoms with Crippen molar-refractivity contribution in [3.63, 3.8) is 0 Å². The van der Waals surface area contributed by atoms with E-state index in [4.69, 9.17) is 5.11 Å². The average Bonchev–Trinajstić information content (AvgIpc) is 2.67. The largest absolute Gasteiger partial charge is 0.477 e. The molecule has 0 amide bonds. The highest BCUT2D eigenvalue weighted by molar-refractivity contribution is 9.10. The highest BCUT2D eigenvalue weighted by atomic mass is 79.9. The van der Waals surface area contributed by atoms with E-state index in [2.05, 4.69) is 15.9 Å². The first-order chi connectivity index (χ1) is 9.25. The van der Waals surface area contributed by atoms with E-state index in [9.17, 15) is 13.2 Å². The maximum atomic E-state index is 12.6. The van der Waals surface area contributed by atoms with Crippen LogP contribution in [0.4, 0.5) is 0 Å². The van der Waals surface area contributed by atoms with Crippen molar-refractivity contribution in [2.75, 3.05) is 0 Å². The lowest BCUT2D eigenvalue weighted by molar-refractivity contribution is 0.0686. The fourth-order valence-electron chi connectivity index (χ4n) is 1.91. The Balaban J connectivity index is 2.67. The molecule has 20 heavy (non-hydrogen) atoms. The molecule has 0 radical (unpaired) electrons. The van der Waals surface area contributed by atoms with E-state index in [1.807, 2.05) is 0 Å². The van der Waals surface area contributed by atoms with E-state index in [-0.39, 0.29) is 15.5 Å². The molecule has 2 rings (SSSR count). The zero-order chi connectivity index (χ0) is 15.1. The van der Waals surface area contributed by atoms with Gasteiger partial charge in [0.05, 0.1) is 9.79 Å². The average molecular weight is 358 g/mol. The van der Waals surface area contributed by atoms with Crippen molar-refractivity contribution in [1.29, 1.82) is 0 Å². The minimum atomic E-state index is -3.74. The van der Waals surface area contributed by atoms with Gasteiger partial charge < -0.3 is 9.67 Å². The first-order valence-electron chi connectivity index (χ1n) is 5.65. The van der Waals surface area contributed by atoms with Crippen molar-refractivity contribution in [3.05, 3.63) is 46.2 Å². The predicted octanol–water partition coefficient (Wildman–Crippen LogP) is 2.63. The van der Waals surface area contributed by atoms with E-state index in [1.165, 1.54) is 29.8 Å². The summed E-state index contributed by atoms with van der Waals surface area (Å²) in [5.41, 5.74) is 0.332. The van der Waals surface area contributed by atoms with Gasteiger partial charge in [0, 0.05) is 17.2 Å². The monoisotopic (exact) mass is 357 g/mol. The maximum Gasteiger partial charge on any atom is 0.352 e. The molecule has 0 atom stereocenters. The number of aromatic nitrogens is 1. The number of halogens is 1. The molecule has 0 saturated carbocycles. The number of rotatable bonds is 3. The summed E-state index contributed by atoms with van der Waals surface area (Å²) in [4.78, 5) is 11.2. The van der Waals surface area contributed by atoms with Crippen LogP contribution in [0.3, 0.4) is 0 Å². The number of carbonyl (C=O) groups is 1. The molecule has 1 aromatic heterocycles. The fourth-order valence-corrected chi connectivity index (χ4v) is 4.05. The quantitative estimate of drug-likeness (QED) is 0.915. The topological polar surface area (TPSA) is 76.4 Å². The summed E-state index contributed by atoms with van der Waals surface area (Å²) in [6, 6.07) is 7.50. The molecular formula is C13H12BrNO4S. The molecule has 0 aliphatic rings. The van der Waals surface area contributed by atoms with Gasteiger partial charge >= 0.3 is 5.97 Å². The number of aromatic carboxylic acids is 1. The van der Waals surface area contributed by atoms with Crippen LogP contribution < -0.4 is 0 Å². The van der Waals surface area contributed by atoms with Crippen LogP contribution in [0.5, 0.6) is 0 Å². The van der Waals surface area contributed by atoms with Crippen molar-refractivity contribution in [2.24, 2.45) is 7.05 Å². The van der Waals surface area contributed by atoms with Crippen LogP contribution in [0.2, 0.25) is 0 Å². The minimum Gasteiger partial charge on any atom is -0.477 e. The standard InChI is InChI=1S/C13H12BrNO4S/c1-8-12(7-11(13(16)17)15(8)2)20(18,19)10-5-3-4-9(14)6-10/h3-7H,1-2H3,(H,16,17). The zero-order valence-electron chi connectivity index (χ0n) is 10.8. The molecule has 0 spiro atoms.